The molecule has 0 atom stereocenters. The van der Waals surface area contributed by atoms with Gasteiger partial charge >= 0.3 is 5.97 Å². The Morgan fingerprint density at radius 1 is 1.09 bits per heavy atom. The Hall–Kier alpha value is -4.20. The van der Waals surface area contributed by atoms with Crippen LogP contribution < -0.4 is 15.6 Å². The van der Waals surface area contributed by atoms with Crippen molar-refractivity contribution >= 4 is 28.1 Å². The maximum Gasteiger partial charge on any atom is 0.356 e. The number of para-hydroxylation sites is 1. The van der Waals surface area contributed by atoms with Crippen molar-refractivity contribution in [1.29, 1.82) is 0 Å². The Labute approximate surface area is 184 Å². The Kier molecular flexibility index (Phi) is 6.12. The van der Waals surface area contributed by atoms with Crippen LogP contribution in [0.1, 0.15) is 23.0 Å². The Morgan fingerprint density at radius 3 is 2.59 bits per heavy atom. The van der Waals surface area contributed by atoms with Crippen LogP contribution in [-0.2, 0) is 13.0 Å². The summed E-state index contributed by atoms with van der Waals surface area (Å²) in [5.41, 5.74) is 0.472. The lowest BCUT2D eigenvalue weighted by atomic mass is 10.1. The number of aryl methyl sites for hydroxylation is 1. The van der Waals surface area contributed by atoms with Gasteiger partial charge in [-0.25, -0.2) is 9.48 Å². The summed E-state index contributed by atoms with van der Waals surface area (Å²) in [6.45, 7) is 2.16. The Bertz CT molecular complexity index is 1310. The van der Waals surface area contributed by atoms with Crippen molar-refractivity contribution in [1.82, 2.24) is 14.8 Å². The van der Waals surface area contributed by atoms with Gasteiger partial charge in [-0.2, -0.15) is 5.10 Å². The molecule has 4 rings (SSSR count). The van der Waals surface area contributed by atoms with Gasteiger partial charge in [-0.3, -0.25) is 9.78 Å². The van der Waals surface area contributed by atoms with Crippen molar-refractivity contribution in [3.8, 4) is 5.75 Å². The number of pyridine rings is 1. The van der Waals surface area contributed by atoms with Gasteiger partial charge in [0.15, 0.2) is 5.69 Å². The smallest absolute Gasteiger partial charge is 0.356 e. The average molecular weight is 430 g/mol. The van der Waals surface area contributed by atoms with Crippen LogP contribution in [0.25, 0.3) is 10.8 Å². The van der Waals surface area contributed by atoms with Gasteiger partial charge in [-0.05, 0) is 19.1 Å². The molecular formula is C24H22N4O4. The molecule has 8 heteroatoms. The number of anilines is 2. The molecule has 0 spiro atoms. The van der Waals surface area contributed by atoms with Crippen molar-refractivity contribution < 1.29 is 14.6 Å². The summed E-state index contributed by atoms with van der Waals surface area (Å²) in [4.78, 5) is 29.4. The summed E-state index contributed by atoms with van der Waals surface area (Å²) in [5.74, 6) is -0.548. The van der Waals surface area contributed by atoms with E-state index in [1.807, 2.05) is 54.6 Å². The lowest BCUT2D eigenvalue weighted by molar-refractivity contribution is 0.0686. The van der Waals surface area contributed by atoms with Crippen LogP contribution in [0.15, 0.2) is 71.8 Å². The fourth-order valence-electron chi connectivity index (χ4n) is 3.50. The third kappa shape index (κ3) is 4.29. The van der Waals surface area contributed by atoms with Gasteiger partial charge in [0.05, 0.1) is 18.5 Å². The van der Waals surface area contributed by atoms with Crippen molar-refractivity contribution in [2.75, 3.05) is 11.9 Å². The van der Waals surface area contributed by atoms with E-state index in [0.717, 1.165) is 15.5 Å². The van der Waals surface area contributed by atoms with Crippen LogP contribution in [0.2, 0.25) is 0 Å². The lowest BCUT2D eigenvalue weighted by Gasteiger charge is -2.17. The molecule has 0 radical (unpaired) electrons. The number of nitrogens with one attached hydrogen (secondary N) is 1. The first kappa shape index (κ1) is 21.0. The van der Waals surface area contributed by atoms with Gasteiger partial charge in [0, 0.05) is 35.5 Å². The minimum Gasteiger partial charge on any atom is -0.493 e. The number of carboxylic acid groups (broad SMARTS) is 1. The van der Waals surface area contributed by atoms with E-state index < -0.39 is 11.5 Å². The summed E-state index contributed by atoms with van der Waals surface area (Å²) in [5, 5.41) is 18.8. The minimum atomic E-state index is -1.21. The molecule has 0 saturated carbocycles. The van der Waals surface area contributed by atoms with Gasteiger partial charge in [-0.1, -0.05) is 42.5 Å². The third-order valence-electron chi connectivity index (χ3n) is 5.05. The largest absolute Gasteiger partial charge is 0.493 e. The molecule has 0 aliphatic rings. The maximum atomic E-state index is 13.2. The standard InChI is InChI=1S/C24H22N4O4/c1-2-28-23(29)21(26-20-15-25-14-16-8-6-7-11-18(16)20)19(22(27-28)24(30)31)12-13-32-17-9-4-3-5-10-17/h3-11,14-15,26H,2,12-13H2,1H3,(H,30,31). The van der Waals surface area contributed by atoms with Crippen LogP contribution in [-0.4, -0.2) is 32.4 Å². The first-order valence-corrected chi connectivity index (χ1v) is 10.2. The molecule has 0 amide bonds. The molecule has 2 aromatic heterocycles. The molecule has 0 unspecified atom stereocenters. The molecule has 2 heterocycles. The van der Waals surface area contributed by atoms with Crippen molar-refractivity contribution in [2.45, 2.75) is 19.9 Å². The van der Waals surface area contributed by atoms with Crippen molar-refractivity contribution in [2.24, 2.45) is 0 Å². The van der Waals surface area contributed by atoms with Crippen LogP contribution in [0.4, 0.5) is 11.4 Å². The van der Waals surface area contributed by atoms with Gasteiger partial charge in [0.25, 0.3) is 5.56 Å². The molecule has 0 aliphatic carbocycles. The summed E-state index contributed by atoms with van der Waals surface area (Å²) < 4.78 is 6.89. The summed E-state index contributed by atoms with van der Waals surface area (Å²) in [7, 11) is 0. The molecule has 2 N–H and O–H groups in total. The number of fused-ring (bicyclic) bond motifs is 1. The number of carboxylic acids is 1. The number of nitrogens with zero attached hydrogens (tertiary/aromatic N) is 3. The Balaban J connectivity index is 1.77. The monoisotopic (exact) mass is 430 g/mol. The highest BCUT2D eigenvalue weighted by Gasteiger charge is 2.22. The van der Waals surface area contributed by atoms with Gasteiger partial charge in [-0.15, -0.1) is 0 Å². The first-order chi connectivity index (χ1) is 15.6. The topological polar surface area (TPSA) is 106 Å². The highest BCUT2D eigenvalue weighted by Crippen LogP contribution is 2.26. The van der Waals surface area contributed by atoms with E-state index in [0.29, 0.717) is 11.4 Å². The van der Waals surface area contributed by atoms with Crippen LogP contribution in [0.3, 0.4) is 0 Å². The van der Waals surface area contributed by atoms with Crippen molar-refractivity contribution in [3.05, 3.63) is 88.6 Å². The highest BCUT2D eigenvalue weighted by atomic mass is 16.5. The van der Waals surface area contributed by atoms with Crippen LogP contribution in [0, 0.1) is 0 Å². The fraction of sp³-hybridized carbons (Fsp3) is 0.167. The quantitative estimate of drug-likeness (QED) is 0.437. The van der Waals surface area contributed by atoms with Crippen LogP contribution >= 0.6 is 0 Å². The zero-order valence-corrected chi connectivity index (χ0v) is 17.5. The average Bonchev–Trinajstić information content (AvgIpc) is 2.82. The SMILES string of the molecule is CCn1nc(C(=O)O)c(CCOc2ccccc2)c(Nc2cncc3ccccc23)c1=O. The molecule has 0 aliphatic heterocycles. The number of hydrogen-bond donors (Lipinski definition) is 2. The fourth-order valence-corrected chi connectivity index (χ4v) is 3.50. The number of aromatic carboxylic acids is 1. The second-order valence-electron chi connectivity index (χ2n) is 7.07. The Morgan fingerprint density at radius 2 is 1.84 bits per heavy atom. The van der Waals surface area contributed by atoms with E-state index in [2.05, 4.69) is 15.4 Å². The maximum absolute atomic E-state index is 13.2. The first-order valence-electron chi connectivity index (χ1n) is 10.2. The summed E-state index contributed by atoms with van der Waals surface area (Å²) in [6.07, 6.45) is 3.53. The molecule has 0 fully saturated rings. The molecule has 162 valence electrons. The van der Waals surface area contributed by atoms with E-state index in [9.17, 15) is 14.7 Å². The molecular weight excluding hydrogens is 408 g/mol. The number of ether oxygens (including phenoxy) is 1. The van der Waals surface area contributed by atoms with E-state index >= 15 is 0 Å². The third-order valence-corrected chi connectivity index (χ3v) is 5.05. The van der Waals surface area contributed by atoms with E-state index in [1.54, 1.807) is 19.3 Å². The number of aromatic nitrogens is 3. The molecule has 8 nitrogen and oxygen atoms in total. The van der Waals surface area contributed by atoms with E-state index in [-0.39, 0.29) is 36.5 Å². The zero-order chi connectivity index (χ0) is 22.5. The molecule has 0 saturated heterocycles. The molecule has 0 bridgehead atoms. The zero-order valence-electron chi connectivity index (χ0n) is 17.5. The normalized spacial score (nSPS) is 10.8. The number of carbonyl (C=O) groups is 1. The van der Waals surface area contributed by atoms with E-state index in [1.165, 1.54) is 0 Å². The van der Waals surface area contributed by atoms with Gasteiger partial charge in [0.1, 0.15) is 11.4 Å². The van der Waals surface area contributed by atoms with Gasteiger partial charge < -0.3 is 15.2 Å². The van der Waals surface area contributed by atoms with Crippen LogP contribution in [0.5, 0.6) is 5.75 Å². The minimum absolute atomic E-state index is 0.161. The molecule has 32 heavy (non-hydrogen) atoms. The second kappa shape index (κ2) is 9.30. The highest BCUT2D eigenvalue weighted by molar-refractivity contribution is 5.95. The van der Waals surface area contributed by atoms with Gasteiger partial charge in [0.2, 0.25) is 0 Å². The summed E-state index contributed by atoms with van der Waals surface area (Å²) >= 11 is 0. The molecule has 2 aromatic carbocycles. The number of rotatable bonds is 8. The number of hydrogen-bond acceptors (Lipinski definition) is 6. The predicted molar refractivity (Wildman–Crippen MR) is 122 cm³/mol. The molecule has 4 aromatic rings. The van der Waals surface area contributed by atoms with E-state index in [4.69, 9.17) is 4.74 Å². The number of benzene rings is 2. The summed E-state index contributed by atoms with van der Waals surface area (Å²) in [6, 6.07) is 16.8. The second-order valence-corrected chi connectivity index (χ2v) is 7.07. The predicted octanol–water partition coefficient (Wildman–Crippen LogP) is 3.87. The van der Waals surface area contributed by atoms with Crippen molar-refractivity contribution in [3.63, 3.8) is 0 Å². The lowest BCUT2D eigenvalue weighted by Crippen LogP contribution is -2.30.